The van der Waals surface area contributed by atoms with Gasteiger partial charge in [-0.2, -0.15) is 5.10 Å². The minimum Gasteiger partial charge on any atom is -0.378 e. The highest BCUT2D eigenvalue weighted by atomic mass is 16.5. The van der Waals surface area contributed by atoms with Gasteiger partial charge in [0.25, 0.3) is 0 Å². The Bertz CT molecular complexity index is 425. The van der Waals surface area contributed by atoms with Gasteiger partial charge in [0.2, 0.25) is 0 Å². The molecule has 20 heavy (non-hydrogen) atoms. The maximum absolute atomic E-state index is 6.33. The van der Waals surface area contributed by atoms with Gasteiger partial charge < -0.3 is 10.5 Å². The van der Waals surface area contributed by atoms with Gasteiger partial charge in [0.15, 0.2) is 0 Å². The summed E-state index contributed by atoms with van der Waals surface area (Å²) in [5, 5.41) is 4.76. The smallest absolute Gasteiger partial charge is 0.0640 e. The number of ether oxygens (including phenoxy) is 1. The Morgan fingerprint density at radius 1 is 1.40 bits per heavy atom. The van der Waals surface area contributed by atoms with Gasteiger partial charge in [-0.25, -0.2) is 0 Å². The molecule has 1 aliphatic heterocycles. The summed E-state index contributed by atoms with van der Waals surface area (Å²) in [7, 11) is 0. The Hall–Kier alpha value is -0.870. The summed E-state index contributed by atoms with van der Waals surface area (Å²) in [6.45, 7) is 2.94. The maximum Gasteiger partial charge on any atom is 0.0640 e. The van der Waals surface area contributed by atoms with Crippen molar-refractivity contribution >= 4 is 0 Å². The molecule has 1 aromatic heterocycles. The number of aromatic nitrogens is 2. The maximum atomic E-state index is 6.33. The first-order chi connectivity index (χ1) is 9.72. The van der Waals surface area contributed by atoms with Crippen LogP contribution in [0.4, 0.5) is 0 Å². The monoisotopic (exact) mass is 277 g/mol. The average molecular weight is 277 g/mol. The molecule has 1 saturated heterocycles. The van der Waals surface area contributed by atoms with Gasteiger partial charge in [-0.15, -0.1) is 0 Å². The predicted molar refractivity (Wildman–Crippen MR) is 79.5 cm³/mol. The van der Waals surface area contributed by atoms with E-state index in [1.54, 1.807) is 0 Å². The molecule has 0 bridgehead atoms. The van der Waals surface area contributed by atoms with Crippen LogP contribution in [-0.2, 0) is 11.2 Å². The molecule has 0 radical (unpaired) electrons. The van der Waals surface area contributed by atoms with E-state index in [4.69, 9.17) is 15.6 Å². The Morgan fingerprint density at radius 2 is 2.20 bits per heavy atom. The highest BCUT2D eigenvalue weighted by Gasteiger charge is 2.28. The Labute approximate surface area is 121 Å². The van der Waals surface area contributed by atoms with Crippen molar-refractivity contribution in [2.24, 2.45) is 11.7 Å². The molecule has 112 valence electrons. The summed E-state index contributed by atoms with van der Waals surface area (Å²) < 4.78 is 7.79. The first-order valence-corrected chi connectivity index (χ1v) is 8.13. The van der Waals surface area contributed by atoms with Crippen molar-refractivity contribution in [2.75, 3.05) is 6.61 Å². The number of hydrogen-bond acceptors (Lipinski definition) is 3. The van der Waals surface area contributed by atoms with Crippen molar-refractivity contribution in [2.45, 2.75) is 70.1 Å². The van der Waals surface area contributed by atoms with E-state index in [1.165, 1.54) is 32.1 Å². The molecule has 3 atom stereocenters. The normalized spacial score (nSPS) is 29.7. The summed E-state index contributed by atoms with van der Waals surface area (Å²) in [6.07, 6.45) is 11.1. The second-order valence-corrected chi connectivity index (χ2v) is 6.59. The third-order valence-electron chi connectivity index (χ3n) is 4.89. The third-order valence-corrected chi connectivity index (χ3v) is 4.89. The van der Waals surface area contributed by atoms with Crippen molar-refractivity contribution in [3.8, 4) is 0 Å². The van der Waals surface area contributed by atoms with Crippen molar-refractivity contribution in [3.63, 3.8) is 0 Å². The first kappa shape index (κ1) is 14.1. The van der Waals surface area contributed by atoms with Crippen LogP contribution in [0, 0.1) is 5.92 Å². The van der Waals surface area contributed by atoms with E-state index < -0.39 is 0 Å². The van der Waals surface area contributed by atoms with E-state index in [2.05, 4.69) is 23.9 Å². The molecule has 2 fully saturated rings. The zero-order valence-electron chi connectivity index (χ0n) is 12.5. The van der Waals surface area contributed by atoms with Crippen LogP contribution in [-0.4, -0.2) is 28.5 Å². The average Bonchev–Trinajstić information content (AvgIpc) is 3.09. The third kappa shape index (κ3) is 3.23. The molecule has 1 aliphatic carbocycles. The predicted octanol–water partition coefficient (Wildman–Crippen LogP) is 2.68. The van der Waals surface area contributed by atoms with Gasteiger partial charge in [0.05, 0.1) is 24.4 Å². The number of nitrogens with two attached hydrogens (primary N) is 1. The molecule has 3 unspecified atom stereocenters. The van der Waals surface area contributed by atoms with Gasteiger partial charge >= 0.3 is 0 Å². The van der Waals surface area contributed by atoms with E-state index in [9.17, 15) is 0 Å². The van der Waals surface area contributed by atoms with Crippen LogP contribution < -0.4 is 5.73 Å². The molecule has 0 spiro atoms. The zero-order chi connectivity index (χ0) is 13.9. The summed E-state index contributed by atoms with van der Waals surface area (Å²) in [4.78, 5) is 0. The van der Waals surface area contributed by atoms with Crippen molar-refractivity contribution in [1.29, 1.82) is 0 Å². The first-order valence-electron chi connectivity index (χ1n) is 8.13. The molecule has 3 rings (SSSR count). The van der Waals surface area contributed by atoms with Crippen molar-refractivity contribution in [1.82, 2.24) is 9.78 Å². The summed E-state index contributed by atoms with van der Waals surface area (Å²) in [5.74, 6) is 0.491. The van der Waals surface area contributed by atoms with Crippen molar-refractivity contribution < 1.29 is 4.74 Å². The van der Waals surface area contributed by atoms with Gasteiger partial charge in [0.1, 0.15) is 0 Å². The standard InChI is InChI=1S/C16H27N3O/c1-12-9-13(11-20-12)16(17)10-14-7-8-19(18-14)15-5-3-2-4-6-15/h7-8,12-13,15-16H,2-6,9-11,17H2,1H3. The second-order valence-electron chi connectivity index (χ2n) is 6.59. The Balaban J connectivity index is 1.56. The zero-order valence-corrected chi connectivity index (χ0v) is 12.5. The van der Waals surface area contributed by atoms with Crippen LogP contribution in [0.3, 0.4) is 0 Å². The molecule has 0 amide bonds. The van der Waals surface area contributed by atoms with E-state index in [-0.39, 0.29) is 6.04 Å². The number of rotatable bonds is 4. The molecule has 1 saturated carbocycles. The lowest BCUT2D eigenvalue weighted by Gasteiger charge is -2.22. The lowest BCUT2D eigenvalue weighted by molar-refractivity contribution is 0.118. The number of hydrogen-bond donors (Lipinski definition) is 1. The summed E-state index contributed by atoms with van der Waals surface area (Å²) in [6, 6.07) is 2.94. The fourth-order valence-corrected chi connectivity index (χ4v) is 3.59. The topological polar surface area (TPSA) is 53.1 Å². The highest BCUT2D eigenvalue weighted by molar-refractivity contribution is 5.03. The van der Waals surface area contributed by atoms with Crippen LogP contribution in [0.5, 0.6) is 0 Å². The quantitative estimate of drug-likeness (QED) is 0.920. The largest absolute Gasteiger partial charge is 0.378 e. The fourth-order valence-electron chi connectivity index (χ4n) is 3.59. The minimum absolute atomic E-state index is 0.176. The Morgan fingerprint density at radius 3 is 2.90 bits per heavy atom. The fraction of sp³-hybridized carbons (Fsp3) is 0.812. The minimum atomic E-state index is 0.176. The summed E-state index contributed by atoms with van der Waals surface area (Å²) >= 11 is 0. The van der Waals surface area contributed by atoms with Gasteiger partial charge in [-0.05, 0) is 32.3 Å². The SMILES string of the molecule is CC1CC(C(N)Cc2ccn(C3CCCCC3)n2)CO1. The van der Waals surface area contributed by atoms with Crippen LogP contribution >= 0.6 is 0 Å². The van der Waals surface area contributed by atoms with E-state index in [0.29, 0.717) is 18.1 Å². The van der Waals surface area contributed by atoms with Gasteiger partial charge in [-0.3, -0.25) is 4.68 Å². The molecular formula is C16H27N3O. The Kier molecular flexibility index (Phi) is 4.41. The second kappa shape index (κ2) is 6.27. The molecule has 4 nitrogen and oxygen atoms in total. The van der Waals surface area contributed by atoms with E-state index >= 15 is 0 Å². The van der Waals surface area contributed by atoms with Crippen LogP contribution in [0.1, 0.15) is 57.2 Å². The molecule has 0 aromatic carbocycles. The number of nitrogens with zero attached hydrogens (tertiary/aromatic N) is 2. The van der Waals surface area contributed by atoms with E-state index in [0.717, 1.165) is 25.1 Å². The highest BCUT2D eigenvalue weighted by Crippen LogP contribution is 2.28. The van der Waals surface area contributed by atoms with Crippen LogP contribution in [0.25, 0.3) is 0 Å². The van der Waals surface area contributed by atoms with Crippen LogP contribution in [0.2, 0.25) is 0 Å². The van der Waals surface area contributed by atoms with E-state index in [1.807, 2.05) is 0 Å². The molecule has 4 heteroatoms. The lowest BCUT2D eigenvalue weighted by Crippen LogP contribution is -2.33. The van der Waals surface area contributed by atoms with Gasteiger partial charge in [-0.1, -0.05) is 19.3 Å². The van der Waals surface area contributed by atoms with Gasteiger partial charge in [0, 0.05) is 24.6 Å². The molecule has 2 heterocycles. The lowest BCUT2D eigenvalue weighted by atomic mass is 9.94. The summed E-state index contributed by atoms with van der Waals surface area (Å²) in [5.41, 5.74) is 7.47. The van der Waals surface area contributed by atoms with Crippen molar-refractivity contribution in [3.05, 3.63) is 18.0 Å². The molecule has 2 aliphatic rings. The van der Waals surface area contributed by atoms with Crippen LogP contribution in [0.15, 0.2) is 12.3 Å². The molecule has 2 N–H and O–H groups in total. The molecule has 1 aromatic rings. The molecular weight excluding hydrogens is 250 g/mol.